The van der Waals surface area contributed by atoms with Crippen LogP contribution in [0.1, 0.15) is 26.2 Å². The fraction of sp³-hybridized carbons (Fsp3) is 1.00. The van der Waals surface area contributed by atoms with Crippen molar-refractivity contribution in [1.29, 1.82) is 0 Å². The van der Waals surface area contributed by atoms with Gasteiger partial charge in [-0.3, -0.25) is 0 Å². The summed E-state index contributed by atoms with van der Waals surface area (Å²) in [6, 6.07) is 0. The van der Waals surface area contributed by atoms with Gasteiger partial charge in [0, 0.05) is 24.5 Å². The molecule has 96 valence electrons. The Bertz CT molecular complexity index is 323. The third kappa shape index (κ3) is 1.57. The van der Waals surface area contributed by atoms with Gasteiger partial charge in [-0.25, -0.2) is 0 Å². The molecule has 5 rings (SSSR count). The van der Waals surface area contributed by atoms with Crippen LogP contribution >= 0.6 is 23.5 Å². The van der Waals surface area contributed by atoms with Gasteiger partial charge in [0.1, 0.15) is 0 Å². The van der Waals surface area contributed by atoms with Gasteiger partial charge in [-0.05, 0) is 38.8 Å². The Kier molecular flexibility index (Phi) is 2.57. The lowest BCUT2D eigenvalue weighted by molar-refractivity contribution is -0.141. The Morgan fingerprint density at radius 3 is 2.47 bits per heavy atom. The lowest BCUT2D eigenvalue weighted by Crippen LogP contribution is -2.59. The second-order valence-corrected chi connectivity index (χ2v) is 9.17. The molecule has 5 aliphatic rings. The lowest BCUT2D eigenvalue weighted by Gasteiger charge is -2.51. The molecule has 2 atom stereocenters. The standard InChI is InChI=1S/C13H21NOS2/c1-10-13(16-6-7-17-13)8-12(15-10)9-14-4-2-11(12)3-5-14/h10-11H,2-9H2,1H3. The van der Waals surface area contributed by atoms with Gasteiger partial charge in [0.2, 0.25) is 0 Å². The van der Waals surface area contributed by atoms with Gasteiger partial charge in [0.05, 0.1) is 15.8 Å². The van der Waals surface area contributed by atoms with Crippen molar-refractivity contribution >= 4 is 23.5 Å². The number of nitrogens with zero attached hydrogens (tertiary/aromatic N) is 1. The van der Waals surface area contributed by atoms with Gasteiger partial charge < -0.3 is 9.64 Å². The first kappa shape index (κ1) is 11.4. The molecule has 0 aromatic heterocycles. The van der Waals surface area contributed by atoms with Crippen LogP contribution in [0.2, 0.25) is 0 Å². The van der Waals surface area contributed by atoms with Crippen LogP contribution in [0.15, 0.2) is 0 Å². The predicted octanol–water partition coefficient (Wildman–Crippen LogP) is 2.44. The molecule has 0 aromatic rings. The van der Waals surface area contributed by atoms with E-state index in [-0.39, 0.29) is 5.60 Å². The third-order valence-electron chi connectivity index (χ3n) is 5.18. The molecule has 5 fully saturated rings. The molecule has 5 heterocycles. The average Bonchev–Trinajstić information content (AvgIpc) is 2.88. The number of rotatable bonds is 0. The maximum absolute atomic E-state index is 6.58. The summed E-state index contributed by atoms with van der Waals surface area (Å²) in [4.78, 5) is 2.63. The van der Waals surface area contributed by atoms with Crippen LogP contribution in [-0.4, -0.2) is 51.8 Å². The van der Waals surface area contributed by atoms with Crippen molar-refractivity contribution in [1.82, 2.24) is 4.90 Å². The molecule has 0 saturated carbocycles. The van der Waals surface area contributed by atoms with Crippen LogP contribution in [0.25, 0.3) is 0 Å². The zero-order valence-corrected chi connectivity index (χ0v) is 12.1. The van der Waals surface area contributed by atoms with Crippen molar-refractivity contribution in [2.45, 2.75) is 42.0 Å². The summed E-state index contributed by atoms with van der Waals surface area (Å²) in [5.74, 6) is 3.49. The molecule has 0 aliphatic carbocycles. The number of thioether (sulfide) groups is 2. The highest BCUT2D eigenvalue weighted by Crippen LogP contribution is 2.60. The quantitative estimate of drug-likeness (QED) is 0.670. The average molecular weight is 271 g/mol. The second-order valence-electron chi connectivity index (χ2n) is 6.06. The largest absolute Gasteiger partial charge is 0.368 e. The first-order valence-corrected chi connectivity index (χ1v) is 8.88. The molecule has 0 N–H and O–H groups in total. The SMILES string of the molecule is CC1OC2(CN3CCC2CC3)CC12SCCS2. The third-order valence-corrected chi connectivity index (χ3v) is 8.89. The smallest absolute Gasteiger partial charge is 0.0897 e. The van der Waals surface area contributed by atoms with Crippen molar-refractivity contribution in [3.8, 4) is 0 Å². The molecule has 4 heteroatoms. The zero-order chi connectivity index (χ0) is 11.5. The first-order chi connectivity index (χ1) is 8.23. The number of hydrogen-bond donors (Lipinski definition) is 0. The van der Waals surface area contributed by atoms with Gasteiger partial charge in [0.25, 0.3) is 0 Å². The number of hydrogen-bond acceptors (Lipinski definition) is 4. The van der Waals surface area contributed by atoms with Crippen LogP contribution in [0, 0.1) is 5.92 Å². The Morgan fingerprint density at radius 1 is 1.18 bits per heavy atom. The monoisotopic (exact) mass is 271 g/mol. The molecular weight excluding hydrogens is 250 g/mol. The number of ether oxygens (including phenoxy) is 1. The highest BCUT2D eigenvalue weighted by molar-refractivity contribution is 8.21. The summed E-state index contributed by atoms with van der Waals surface area (Å²) in [5, 5.41) is 0. The summed E-state index contributed by atoms with van der Waals surface area (Å²) in [6.07, 6.45) is 4.49. The predicted molar refractivity (Wildman–Crippen MR) is 74.7 cm³/mol. The highest BCUT2D eigenvalue weighted by Gasteiger charge is 2.61. The molecule has 2 spiro atoms. The molecule has 2 unspecified atom stereocenters. The molecule has 5 aliphatic heterocycles. The van der Waals surface area contributed by atoms with Gasteiger partial charge in [-0.2, -0.15) is 0 Å². The van der Waals surface area contributed by atoms with Gasteiger partial charge in [-0.1, -0.05) is 0 Å². The minimum atomic E-state index is 0.222. The topological polar surface area (TPSA) is 12.5 Å². The maximum atomic E-state index is 6.58. The molecule has 2 nitrogen and oxygen atoms in total. The van der Waals surface area contributed by atoms with Gasteiger partial charge in [0.15, 0.2) is 0 Å². The summed E-state index contributed by atoms with van der Waals surface area (Å²) in [6.45, 7) is 6.16. The van der Waals surface area contributed by atoms with Crippen molar-refractivity contribution in [3.05, 3.63) is 0 Å². The van der Waals surface area contributed by atoms with E-state index in [1.807, 2.05) is 0 Å². The summed E-state index contributed by atoms with van der Waals surface area (Å²) in [5.41, 5.74) is 0.222. The Balaban J connectivity index is 1.64. The van der Waals surface area contributed by atoms with E-state index in [9.17, 15) is 0 Å². The van der Waals surface area contributed by atoms with Gasteiger partial charge in [-0.15, -0.1) is 23.5 Å². The number of piperidine rings is 3. The zero-order valence-electron chi connectivity index (χ0n) is 10.5. The molecule has 0 radical (unpaired) electrons. The Hall–Kier alpha value is 0.620. The summed E-state index contributed by atoms with van der Waals surface area (Å²) in [7, 11) is 0. The van der Waals surface area contributed by atoms with Crippen molar-refractivity contribution in [3.63, 3.8) is 0 Å². The van der Waals surface area contributed by atoms with Gasteiger partial charge >= 0.3 is 0 Å². The maximum Gasteiger partial charge on any atom is 0.0897 e. The van der Waals surface area contributed by atoms with Crippen LogP contribution in [0.5, 0.6) is 0 Å². The lowest BCUT2D eigenvalue weighted by atomic mass is 9.74. The van der Waals surface area contributed by atoms with Crippen molar-refractivity contribution in [2.75, 3.05) is 31.1 Å². The van der Waals surface area contributed by atoms with E-state index < -0.39 is 0 Å². The van der Waals surface area contributed by atoms with Crippen LogP contribution in [0.3, 0.4) is 0 Å². The van der Waals surface area contributed by atoms with E-state index in [0.717, 1.165) is 5.92 Å². The van der Waals surface area contributed by atoms with E-state index in [1.165, 1.54) is 50.4 Å². The minimum Gasteiger partial charge on any atom is -0.368 e. The van der Waals surface area contributed by atoms with E-state index in [1.54, 1.807) is 0 Å². The molecule has 0 amide bonds. The summed E-state index contributed by atoms with van der Waals surface area (Å²) >= 11 is 4.35. The molecule has 0 aromatic carbocycles. The molecular formula is C13H21NOS2. The fourth-order valence-corrected chi connectivity index (χ4v) is 7.76. The summed E-state index contributed by atoms with van der Waals surface area (Å²) < 4.78 is 6.98. The Morgan fingerprint density at radius 2 is 1.88 bits per heavy atom. The van der Waals surface area contributed by atoms with E-state index in [0.29, 0.717) is 10.2 Å². The van der Waals surface area contributed by atoms with Crippen LogP contribution < -0.4 is 0 Å². The van der Waals surface area contributed by atoms with E-state index >= 15 is 0 Å². The second kappa shape index (κ2) is 3.81. The normalized spacial score (nSPS) is 51.7. The molecule has 2 bridgehead atoms. The molecule has 5 saturated heterocycles. The van der Waals surface area contributed by atoms with Crippen LogP contribution in [0.4, 0.5) is 0 Å². The fourth-order valence-electron chi connectivity index (χ4n) is 4.31. The Labute approximate surface area is 112 Å². The molecule has 17 heavy (non-hydrogen) atoms. The van der Waals surface area contributed by atoms with Crippen LogP contribution in [-0.2, 0) is 4.74 Å². The van der Waals surface area contributed by atoms with E-state index in [4.69, 9.17) is 4.74 Å². The first-order valence-electron chi connectivity index (χ1n) is 6.91. The number of fused-ring (bicyclic) bond motifs is 2. The highest BCUT2D eigenvalue weighted by atomic mass is 32.2. The van der Waals surface area contributed by atoms with Crippen molar-refractivity contribution < 1.29 is 4.74 Å². The van der Waals surface area contributed by atoms with Crippen molar-refractivity contribution in [2.24, 2.45) is 5.92 Å². The minimum absolute atomic E-state index is 0.222. The van der Waals surface area contributed by atoms with E-state index in [2.05, 4.69) is 35.3 Å².